The number of amidine groups is 1. The van der Waals surface area contributed by atoms with Gasteiger partial charge in [0, 0.05) is 23.0 Å². The third-order valence-corrected chi connectivity index (χ3v) is 3.02. The molecule has 0 aliphatic heterocycles. The number of nitrogens with two attached hydrogens (primary N) is 1. The smallest absolute Gasteiger partial charge is 0.365 e. The molecule has 1 aromatic carbocycles. The van der Waals surface area contributed by atoms with Gasteiger partial charge in [0.05, 0.1) is 5.56 Å². The molecule has 0 fully saturated rings. The lowest BCUT2D eigenvalue weighted by molar-refractivity contribution is 0.0516. The zero-order valence-corrected chi connectivity index (χ0v) is 11.5. The number of aromatic nitrogens is 1. The van der Waals surface area contributed by atoms with Gasteiger partial charge in [0.25, 0.3) is 0 Å². The van der Waals surface area contributed by atoms with Gasteiger partial charge >= 0.3 is 5.97 Å². The van der Waals surface area contributed by atoms with Crippen LogP contribution in [0.4, 0.5) is 0 Å². The summed E-state index contributed by atoms with van der Waals surface area (Å²) < 4.78 is 0. The largest absolute Gasteiger partial charge is 0.380 e. The van der Waals surface area contributed by atoms with Gasteiger partial charge in [-0.25, -0.2) is 4.79 Å². The van der Waals surface area contributed by atoms with E-state index in [1.807, 2.05) is 6.92 Å². The molecular weight excluding hydrogens is 278 g/mol. The number of rotatable bonds is 3. The van der Waals surface area contributed by atoms with E-state index >= 15 is 0 Å². The van der Waals surface area contributed by atoms with E-state index in [0.29, 0.717) is 16.1 Å². The van der Waals surface area contributed by atoms with Crippen LogP contribution in [0.15, 0.2) is 47.9 Å². The van der Waals surface area contributed by atoms with E-state index in [0.717, 1.165) is 5.56 Å². The van der Waals surface area contributed by atoms with Crippen LogP contribution < -0.4 is 5.73 Å². The highest BCUT2D eigenvalue weighted by atomic mass is 35.5. The highest BCUT2D eigenvalue weighted by Gasteiger charge is 2.09. The average Bonchev–Trinajstić information content (AvgIpc) is 2.48. The first kappa shape index (κ1) is 14.0. The summed E-state index contributed by atoms with van der Waals surface area (Å²) in [5, 5.41) is 4.09. The fourth-order valence-electron chi connectivity index (χ4n) is 1.44. The monoisotopic (exact) mass is 289 g/mol. The van der Waals surface area contributed by atoms with Crippen LogP contribution >= 0.6 is 11.6 Å². The maximum Gasteiger partial charge on any atom is 0.365 e. The average molecular weight is 290 g/mol. The molecule has 0 aliphatic carbocycles. The Kier molecular flexibility index (Phi) is 4.32. The lowest BCUT2D eigenvalue weighted by atomic mass is 10.1. The molecule has 2 aromatic rings. The molecule has 0 radical (unpaired) electrons. The second-order valence-corrected chi connectivity index (χ2v) is 4.46. The summed E-state index contributed by atoms with van der Waals surface area (Å²) in [4.78, 5) is 20.4. The molecule has 0 atom stereocenters. The van der Waals surface area contributed by atoms with Gasteiger partial charge in [-0.2, -0.15) is 0 Å². The Labute approximate surface area is 121 Å². The van der Waals surface area contributed by atoms with Gasteiger partial charge in [-0.15, -0.1) is 0 Å². The second kappa shape index (κ2) is 6.16. The number of carbonyl (C=O) groups excluding carboxylic acids is 1. The Hall–Kier alpha value is -2.40. The van der Waals surface area contributed by atoms with E-state index in [9.17, 15) is 4.79 Å². The van der Waals surface area contributed by atoms with Gasteiger partial charge < -0.3 is 10.6 Å². The van der Waals surface area contributed by atoms with E-state index in [1.165, 1.54) is 6.07 Å². The number of pyridine rings is 1. The SMILES string of the molecule is Cc1ccc(C(=O)O/N=C(\N)c2ccncc2)cc1Cl. The van der Waals surface area contributed by atoms with E-state index < -0.39 is 5.97 Å². The summed E-state index contributed by atoms with van der Waals surface area (Å²) in [6.45, 7) is 1.84. The number of halogens is 1. The third-order valence-electron chi connectivity index (χ3n) is 2.61. The summed E-state index contributed by atoms with van der Waals surface area (Å²) in [5.41, 5.74) is 7.50. The Morgan fingerprint density at radius 2 is 1.95 bits per heavy atom. The van der Waals surface area contributed by atoms with E-state index in [-0.39, 0.29) is 5.84 Å². The zero-order valence-electron chi connectivity index (χ0n) is 10.7. The maximum atomic E-state index is 11.8. The lowest BCUT2D eigenvalue weighted by Crippen LogP contribution is -2.15. The van der Waals surface area contributed by atoms with Gasteiger partial charge in [0.2, 0.25) is 0 Å². The minimum Gasteiger partial charge on any atom is -0.380 e. The summed E-state index contributed by atoms with van der Waals surface area (Å²) in [6, 6.07) is 8.19. The summed E-state index contributed by atoms with van der Waals surface area (Å²) in [5.74, 6) is -0.525. The summed E-state index contributed by atoms with van der Waals surface area (Å²) in [7, 11) is 0. The van der Waals surface area contributed by atoms with Crippen LogP contribution in [0.1, 0.15) is 21.5 Å². The molecule has 0 amide bonds. The molecule has 0 spiro atoms. The van der Waals surface area contributed by atoms with Crippen molar-refractivity contribution < 1.29 is 9.63 Å². The van der Waals surface area contributed by atoms with E-state index in [4.69, 9.17) is 22.2 Å². The Morgan fingerprint density at radius 1 is 1.25 bits per heavy atom. The number of nitrogens with zero attached hydrogens (tertiary/aromatic N) is 2. The molecule has 0 saturated carbocycles. The molecule has 1 aromatic heterocycles. The van der Waals surface area contributed by atoms with Crippen LogP contribution in [0, 0.1) is 6.92 Å². The highest BCUT2D eigenvalue weighted by Crippen LogP contribution is 2.17. The second-order valence-electron chi connectivity index (χ2n) is 4.06. The lowest BCUT2D eigenvalue weighted by Gasteiger charge is -2.02. The molecule has 102 valence electrons. The van der Waals surface area contributed by atoms with Crippen LogP contribution in [-0.2, 0) is 4.84 Å². The Bertz CT molecular complexity index is 657. The van der Waals surface area contributed by atoms with E-state index in [1.54, 1.807) is 36.7 Å². The van der Waals surface area contributed by atoms with Crippen molar-refractivity contribution >= 4 is 23.4 Å². The van der Waals surface area contributed by atoms with Crippen molar-refractivity contribution in [2.45, 2.75) is 6.92 Å². The van der Waals surface area contributed by atoms with Crippen LogP contribution in [-0.4, -0.2) is 16.8 Å². The predicted molar refractivity (Wildman–Crippen MR) is 76.6 cm³/mol. The number of aryl methyl sites for hydroxylation is 1. The van der Waals surface area contributed by atoms with Crippen molar-refractivity contribution in [3.8, 4) is 0 Å². The van der Waals surface area contributed by atoms with Crippen molar-refractivity contribution in [2.75, 3.05) is 0 Å². The molecule has 6 heteroatoms. The number of hydrogen-bond acceptors (Lipinski definition) is 4. The Balaban J connectivity index is 2.10. The first-order valence-electron chi connectivity index (χ1n) is 5.79. The van der Waals surface area contributed by atoms with Gasteiger partial charge in [-0.05, 0) is 36.8 Å². The minimum atomic E-state index is -0.621. The third kappa shape index (κ3) is 3.33. The van der Waals surface area contributed by atoms with Gasteiger partial charge in [0.1, 0.15) is 0 Å². The van der Waals surface area contributed by atoms with Crippen LogP contribution in [0.5, 0.6) is 0 Å². The highest BCUT2D eigenvalue weighted by molar-refractivity contribution is 6.31. The quantitative estimate of drug-likeness (QED) is 0.408. The van der Waals surface area contributed by atoms with E-state index in [2.05, 4.69) is 10.1 Å². The number of hydrogen-bond donors (Lipinski definition) is 1. The van der Waals surface area contributed by atoms with Crippen molar-refractivity contribution in [3.63, 3.8) is 0 Å². The number of oxime groups is 1. The summed E-state index contributed by atoms with van der Waals surface area (Å²) in [6.07, 6.45) is 3.14. The van der Waals surface area contributed by atoms with Crippen molar-refractivity contribution in [1.29, 1.82) is 0 Å². The minimum absolute atomic E-state index is 0.0963. The first-order chi connectivity index (χ1) is 9.58. The van der Waals surface area contributed by atoms with Crippen LogP contribution in [0.3, 0.4) is 0 Å². The molecule has 1 heterocycles. The maximum absolute atomic E-state index is 11.8. The van der Waals surface area contributed by atoms with Crippen molar-refractivity contribution in [2.24, 2.45) is 10.9 Å². The molecule has 0 unspecified atom stereocenters. The molecule has 5 nitrogen and oxygen atoms in total. The normalized spacial score (nSPS) is 11.2. The molecular formula is C14H12ClN3O2. The fraction of sp³-hybridized carbons (Fsp3) is 0.0714. The van der Waals surface area contributed by atoms with Crippen LogP contribution in [0.25, 0.3) is 0 Å². The number of carbonyl (C=O) groups is 1. The van der Waals surface area contributed by atoms with Gasteiger partial charge in [-0.3, -0.25) is 4.98 Å². The molecule has 2 rings (SSSR count). The van der Waals surface area contributed by atoms with Crippen LogP contribution in [0.2, 0.25) is 5.02 Å². The molecule has 20 heavy (non-hydrogen) atoms. The van der Waals surface area contributed by atoms with Gasteiger partial charge in [0.15, 0.2) is 5.84 Å². The standard InChI is InChI=1S/C14H12ClN3O2/c1-9-2-3-11(8-12(9)15)14(19)20-18-13(16)10-4-6-17-7-5-10/h2-8H,1H3,(H2,16,18). The van der Waals surface area contributed by atoms with Crippen molar-refractivity contribution in [1.82, 2.24) is 4.98 Å². The van der Waals surface area contributed by atoms with Crippen molar-refractivity contribution in [3.05, 3.63) is 64.4 Å². The molecule has 0 bridgehead atoms. The summed E-state index contributed by atoms with van der Waals surface area (Å²) >= 11 is 5.94. The molecule has 0 aliphatic rings. The molecule has 0 saturated heterocycles. The fourth-order valence-corrected chi connectivity index (χ4v) is 1.62. The Morgan fingerprint density at radius 3 is 2.60 bits per heavy atom. The number of benzene rings is 1. The first-order valence-corrected chi connectivity index (χ1v) is 6.17. The zero-order chi connectivity index (χ0) is 14.5. The topological polar surface area (TPSA) is 77.6 Å². The predicted octanol–water partition coefficient (Wildman–Crippen LogP) is 2.52. The van der Waals surface area contributed by atoms with Gasteiger partial charge in [-0.1, -0.05) is 22.8 Å². The molecule has 2 N–H and O–H groups in total.